The number of rotatable bonds is 8. The van der Waals surface area contributed by atoms with Gasteiger partial charge in [-0.15, -0.1) is 0 Å². The Bertz CT molecular complexity index is 1100. The molecule has 3 unspecified atom stereocenters. The van der Waals surface area contributed by atoms with Crippen LogP contribution in [0.5, 0.6) is 0 Å². The smallest absolute Gasteiger partial charge is 0.219 e. The van der Waals surface area contributed by atoms with Crippen LogP contribution in [0, 0.1) is 17.7 Å². The molecule has 0 radical (unpaired) electrons. The van der Waals surface area contributed by atoms with Crippen LogP contribution >= 0.6 is 0 Å². The minimum Gasteiger partial charge on any atom is -0.361 e. The number of H-pyrrole nitrogens is 1. The van der Waals surface area contributed by atoms with Gasteiger partial charge in [0, 0.05) is 46.6 Å². The average Bonchev–Trinajstić information content (AvgIpc) is 3.47. The van der Waals surface area contributed by atoms with E-state index >= 15 is 0 Å². The van der Waals surface area contributed by atoms with E-state index in [2.05, 4.69) is 10.3 Å². The number of hydrogen-bond donors (Lipinski definition) is 2. The molecule has 3 atom stereocenters. The molecule has 0 saturated heterocycles. The molecule has 2 N–H and O–H groups in total. The number of fused-ring (bicyclic) bond motifs is 1. The zero-order valence-corrected chi connectivity index (χ0v) is 18.8. The molecule has 1 amide bonds. The molecular formula is C27H31FN2O2. The number of carbonyl (C=O) groups is 2. The summed E-state index contributed by atoms with van der Waals surface area (Å²) in [5.41, 5.74) is 2.74. The molecule has 0 bridgehead atoms. The molecule has 32 heavy (non-hydrogen) atoms. The summed E-state index contributed by atoms with van der Waals surface area (Å²) in [5, 5.41) is 3.66. The molecule has 5 heteroatoms. The lowest BCUT2D eigenvalue weighted by atomic mass is 9.90. The van der Waals surface area contributed by atoms with Crippen LogP contribution in [-0.2, 0) is 4.79 Å². The number of aromatic nitrogens is 1. The third-order valence-corrected chi connectivity index (χ3v) is 6.83. The fourth-order valence-electron chi connectivity index (χ4n) is 4.83. The fourth-order valence-corrected chi connectivity index (χ4v) is 4.83. The highest BCUT2D eigenvalue weighted by molar-refractivity contribution is 5.98. The molecule has 1 heterocycles. The second-order valence-corrected chi connectivity index (χ2v) is 9.08. The number of aromatic amines is 1. The summed E-state index contributed by atoms with van der Waals surface area (Å²) in [6.07, 6.45) is 7.27. The number of nitrogens with one attached hydrogen (secondary N) is 2. The maximum Gasteiger partial charge on any atom is 0.219 e. The third kappa shape index (κ3) is 4.77. The second-order valence-electron chi connectivity index (χ2n) is 9.08. The molecular weight excluding hydrogens is 403 g/mol. The number of Topliss-reactive ketones (excluding diaryl/α,β-unsaturated/α-hetero) is 1. The van der Waals surface area contributed by atoms with Crippen LogP contribution in [0.1, 0.15) is 62.7 Å². The van der Waals surface area contributed by atoms with Crippen molar-refractivity contribution in [1.82, 2.24) is 10.3 Å². The van der Waals surface area contributed by atoms with Crippen LogP contribution < -0.4 is 5.32 Å². The Kier molecular flexibility index (Phi) is 6.73. The van der Waals surface area contributed by atoms with E-state index in [-0.39, 0.29) is 29.5 Å². The summed E-state index contributed by atoms with van der Waals surface area (Å²) in [6, 6.07) is 12.9. The summed E-state index contributed by atoms with van der Waals surface area (Å²) in [4.78, 5) is 27.5. The zero-order chi connectivity index (χ0) is 22.7. The van der Waals surface area contributed by atoms with Gasteiger partial charge in [0.15, 0.2) is 5.78 Å². The number of benzene rings is 2. The van der Waals surface area contributed by atoms with Crippen molar-refractivity contribution in [2.45, 2.75) is 58.4 Å². The molecule has 2 aromatic carbocycles. The van der Waals surface area contributed by atoms with Gasteiger partial charge < -0.3 is 10.3 Å². The van der Waals surface area contributed by atoms with Crippen LogP contribution in [0.3, 0.4) is 0 Å². The highest BCUT2D eigenvalue weighted by Crippen LogP contribution is 2.32. The van der Waals surface area contributed by atoms with E-state index in [4.69, 9.17) is 0 Å². The van der Waals surface area contributed by atoms with Crippen LogP contribution in [-0.4, -0.2) is 22.7 Å². The molecule has 0 spiro atoms. The zero-order valence-electron chi connectivity index (χ0n) is 18.8. The van der Waals surface area contributed by atoms with Gasteiger partial charge in [-0.1, -0.05) is 38.1 Å². The van der Waals surface area contributed by atoms with Gasteiger partial charge in [-0.25, -0.2) is 4.39 Å². The molecule has 1 saturated carbocycles. The van der Waals surface area contributed by atoms with Gasteiger partial charge in [-0.2, -0.15) is 0 Å². The van der Waals surface area contributed by atoms with Crippen molar-refractivity contribution in [2.24, 2.45) is 11.8 Å². The Morgan fingerprint density at radius 3 is 2.66 bits per heavy atom. The standard InChI is InChI=1S/C27H31FN2O2/c1-3-25(31)30-21-11-6-18(16-21)5-4-17(2)27(32)20-9-7-19(8-10-20)22-12-13-24-23(26(22)28)14-15-29-24/h7-10,12-15,17-18,21,29H,3-6,11,16H2,1-2H3,(H,30,31). The summed E-state index contributed by atoms with van der Waals surface area (Å²) in [6.45, 7) is 3.86. The lowest BCUT2D eigenvalue weighted by Crippen LogP contribution is -2.32. The van der Waals surface area contributed by atoms with Crippen molar-refractivity contribution in [3.63, 3.8) is 0 Å². The molecule has 4 rings (SSSR count). The topological polar surface area (TPSA) is 62.0 Å². The highest BCUT2D eigenvalue weighted by Gasteiger charge is 2.26. The van der Waals surface area contributed by atoms with E-state index < -0.39 is 0 Å². The van der Waals surface area contributed by atoms with Gasteiger partial charge >= 0.3 is 0 Å². The lowest BCUT2D eigenvalue weighted by molar-refractivity contribution is -0.121. The predicted octanol–water partition coefficient (Wildman–Crippen LogP) is 6.27. The predicted molar refractivity (Wildman–Crippen MR) is 126 cm³/mol. The first-order valence-corrected chi connectivity index (χ1v) is 11.7. The van der Waals surface area contributed by atoms with Crippen molar-refractivity contribution in [3.8, 4) is 11.1 Å². The van der Waals surface area contributed by atoms with Gasteiger partial charge in [0.05, 0.1) is 0 Å². The number of hydrogen-bond acceptors (Lipinski definition) is 2. The normalized spacial score (nSPS) is 19.2. The molecule has 168 valence electrons. The minimum atomic E-state index is -0.249. The minimum absolute atomic E-state index is 0.0573. The van der Waals surface area contributed by atoms with Crippen LogP contribution in [0.4, 0.5) is 4.39 Å². The van der Waals surface area contributed by atoms with Crippen molar-refractivity contribution >= 4 is 22.6 Å². The van der Waals surface area contributed by atoms with Gasteiger partial charge in [0.1, 0.15) is 5.82 Å². The van der Waals surface area contributed by atoms with E-state index in [0.29, 0.717) is 28.9 Å². The fraction of sp³-hybridized carbons (Fsp3) is 0.407. The average molecular weight is 435 g/mol. The van der Waals surface area contributed by atoms with Crippen molar-refractivity contribution in [1.29, 1.82) is 0 Å². The number of carbonyl (C=O) groups excluding carboxylic acids is 2. The Labute approximate surface area is 188 Å². The molecule has 0 aliphatic heterocycles. The first-order valence-electron chi connectivity index (χ1n) is 11.7. The van der Waals surface area contributed by atoms with E-state index in [0.717, 1.165) is 43.2 Å². The van der Waals surface area contributed by atoms with Crippen molar-refractivity contribution in [3.05, 3.63) is 60.0 Å². The van der Waals surface area contributed by atoms with Crippen molar-refractivity contribution < 1.29 is 14.0 Å². The molecule has 1 aliphatic rings. The number of halogens is 1. The van der Waals surface area contributed by atoms with Crippen molar-refractivity contribution in [2.75, 3.05) is 0 Å². The molecule has 1 fully saturated rings. The highest BCUT2D eigenvalue weighted by atomic mass is 19.1. The van der Waals surface area contributed by atoms with Gasteiger partial charge in [0.25, 0.3) is 0 Å². The van der Waals surface area contributed by atoms with Gasteiger partial charge in [0.2, 0.25) is 5.91 Å². The van der Waals surface area contributed by atoms with E-state index in [9.17, 15) is 14.0 Å². The van der Waals surface area contributed by atoms with Crippen LogP contribution in [0.2, 0.25) is 0 Å². The molecule has 1 aromatic heterocycles. The van der Waals surface area contributed by atoms with Gasteiger partial charge in [-0.05, 0) is 61.8 Å². The molecule has 4 nitrogen and oxygen atoms in total. The third-order valence-electron chi connectivity index (χ3n) is 6.83. The quantitative estimate of drug-likeness (QED) is 0.411. The number of ketones is 1. The molecule has 3 aromatic rings. The summed E-state index contributed by atoms with van der Waals surface area (Å²) in [5.74, 6) is 0.517. The molecule has 1 aliphatic carbocycles. The van der Waals surface area contributed by atoms with Gasteiger partial charge in [-0.3, -0.25) is 9.59 Å². The Morgan fingerprint density at radius 1 is 1.12 bits per heavy atom. The van der Waals surface area contributed by atoms with E-state index in [1.165, 1.54) is 0 Å². The van der Waals surface area contributed by atoms with E-state index in [1.807, 2.05) is 32.0 Å². The Hall–Kier alpha value is -2.95. The first-order chi connectivity index (χ1) is 15.5. The monoisotopic (exact) mass is 434 g/mol. The SMILES string of the molecule is CCC(=O)NC1CCC(CCC(C)C(=O)c2ccc(-c3ccc4[nH]ccc4c3F)cc2)C1. The summed E-state index contributed by atoms with van der Waals surface area (Å²) < 4.78 is 14.8. The Balaban J connectivity index is 1.34. The maximum atomic E-state index is 14.8. The number of amides is 1. The van der Waals surface area contributed by atoms with E-state index in [1.54, 1.807) is 30.5 Å². The largest absolute Gasteiger partial charge is 0.361 e. The lowest BCUT2D eigenvalue weighted by Gasteiger charge is -2.15. The van der Waals surface area contributed by atoms with Crippen LogP contribution in [0.15, 0.2) is 48.7 Å². The van der Waals surface area contributed by atoms with Crippen LogP contribution in [0.25, 0.3) is 22.0 Å². The first kappa shape index (κ1) is 22.3. The Morgan fingerprint density at radius 2 is 1.91 bits per heavy atom. The maximum absolute atomic E-state index is 14.8. The second kappa shape index (κ2) is 9.68. The summed E-state index contributed by atoms with van der Waals surface area (Å²) >= 11 is 0. The summed E-state index contributed by atoms with van der Waals surface area (Å²) in [7, 11) is 0.